The van der Waals surface area contributed by atoms with Crippen molar-refractivity contribution in [1.82, 2.24) is 0 Å². The highest BCUT2D eigenvalue weighted by molar-refractivity contribution is 5.53. The molecule has 0 fully saturated rings. The van der Waals surface area contributed by atoms with Gasteiger partial charge in [-0.3, -0.25) is 0 Å². The molecule has 1 atom stereocenters. The standard InChI is InChI=1S/C12H11NO2/c13-10-3-5-15-12-7-11-8(6-9(10)12)2-1-4-14-11/h1-4,6-7,12H,5,13H2. The molecule has 2 aliphatic heterocycles. The lowest BCUT2D eigenvalue weighted by atomic mass is 9.93. The Morgan fingerprint density at radius 1 is 1.40 bits per heavy atom. The van der Waals surface area contributed by atoms with E-state index in [1.807, 2.05) is 30.4 Å². The molecule has 1 unspecified atom stereocenters. The minimum absolute atomic E-state index is 0.0614. The van der Waals surface area contributed by atoms with Crippen LogP contribution in [0.3, 0.4) is 0 Å². The van der Waals surface area contributed by atoms with Gasteiger partial charge in [0.2, 0.25) is 0 Å². The lowest BCUT2D eigenvalue weighted by molar-refractivity contribution is 0.123. The van der Waals surface area contributed by atoms with Gasteiger partial charge in [0.05, 0.1) is 12.9 Å². The summed E-state index contributed by atoms with van der Waals surface area (Å²) >= 11 is 0. The average molecular weight is 201 g/mol. The van der Waals surface area contributed by atoms with Gasteiger partial charge < -0.3 is 15.2 Å². The first-order valence-electron chi connectivity index (χ1n) is 4.89. The van der Waals surface area contributed by atoms with Crippen LogP contribution in [0.25, 0.3) is 0 Å². The van der Waals surface area contributed by atoms with E-state index >= 15 is 0 Å². The first-order valence-corrected chi connectivity index (χ1v) is 4.89. The molecule has 0 aromatic heterocycles. The van der Waals surface area contributed by atoms with Crippen molar-refractivity contribution >= 4 is 0 Å². The van der Waals surface area contributed by atoms with Crippen LogP contribution < -0.4 is 5.73 Å². The van der Waals surface area contributed by atoms with Crippen molar-refractivity contribution in [3.05, 3.63) is 59.2 Å². The summed E-state index contributed by atoms with van der Waals surface area (Å²) in [6, 6.07) is 0. The SMILES string of the molecule is NC1=CCOC2C=C3OC=CC=C3C=C12. The van der Waals surface area contributed by atoms with E-state index in [1.54, 1.807) is 6.26 Å². The minimum atomic E-state index is -0.0614. The van der Waals surface area contributed by atoms with Gasteiger partial charge in [0.25, 0.3) is 0 Å². The van der Waals surface area contributed by atoms with Crippen molar-refractivity contribution in [2.45, 2.75) is 6.10 Å². The van der Waals surface area contributed by atoms with Gasteiger partial charge >= 0.3 is 0 Å². The quantitative estimate of drug-likeness (QED) is 0.646. The highest BCUT2D eigenvalue weighted by Gasteiger charge is 2.25. The maximum atomic E-state index is 5.91. The van der Waals surface area contributed by atoms with Crippen LogP contribution >= 0.6 is 0 Å². The van der Waals surface area contributed by atoms with Gasteiger partial charge in [0.15, 0.2) is 0 Å². The third-order valence-corrected chi connectivity index (χ3v) is 2.67. The third-order valence-electron chi connectivity index (χ3n) is 2.67. The molecule has 15 heavy (non-hydrogen) atoms. The lowest BCUT2D eigenvalue weighted by Gasteiger charge is -2.28. The van der Waals surface area contributed by atoms with Gasteiger partial charge in [0, 0.05) is 16.8 Å². The van der Waals surface area contributed by atoms with Crippen LogP contribution in [0.1, 0.15) is 0 Å². The summed E-state index contributed by atoms with van der Waals surface area (Å²) in [5.41, 5.74) is 8.78. The number of allylic oxidation sites excluding steroid dienone is 3. The summed E-state index contributed by atoms with van der Waals surface area (Å²) < 4.78 is 11.0. The molecule has 3 heteroatoms. The van der Waals surface area contributed by atoms with Crippen molar-refractivity contribution in [3.63, 3.8) is 0 Å². The molecule has 76 valence electrons. The Labute approximate surface area is 87.9 Å². The Hall–Kier alpha value is -1.74. The van der Waals surface area contributed by atoms with E-state index < -0.39 is 0 Å². The molecule has 2 heterocycles. The monoisotopic (exact) mass is 201 g/mol. The normalized spacial score (nSPS) is 27.6. The van der Waals surface area contributed by atoms with E-state index in [2.05, 4.69) is 0 Å². The maximum Gasteiger partial charge on any atom is 0.132 e. The van der Waals surface area contributed by atoms with Gasteiger partial charge in [0.1, 0.15) is 11.9 Å². The fourth-order valence-electron chi connectivity index (χ4n) is 1.88. The lowest BCUT2D eigenvalue weighted by Crippen LogP contribution is -2.26. The Morgan fingerprint density at radius 2 is 2.33 bits per heavy atom. The Morgan fingerprint density at radius 3 is 3.27 bits per heavy atom. The molecule has 0 aromatic carbocycles. The van der Waals surface area contributed by atoms with Crippen molar-refractivity contribution in [1.29, 1.82) is 0 Å². The molecule has 0 spiro atoms. The van der Waals surface area contributed by atoms with E-state index in [1.165, 1.54) is 0 Å². The molecule has 0 amide bonds. The van der Waals surface area contributed by atoms with Crippen molar-refractivity contribution < 1.29 is 9.47 Å². The predicted octanol–water partition coefficient (Wildman–Crippen LogP) is 1.52. The van der Waals surface area contributed by atoms with Gasteiger partial charge in [-0.2, -0.15) is 0 Å². The molecule has 0 radical (unpaired) electrons. The number of hydrogen-bond donors (Lipinski definition) is 1. The zero-order valence-corrected chi connectivity index (χ0v) is 8.14. The fraction of sp³-hybridized carbons (Fsp3) is 0.167. The van der Waals surface area contributed by atoms with E-state index in [0.29, 0.717) is 6.61 Å². The number of rotatable bonds is 0. The van der Waals surface area contributed by atoms with Crippen LogP contribution in [-0.4, -0.2) is 12.7 Å². The largest absolute Gasteiger partial charge is 0.465 e. The third kappa shape index (κ3) is 1.32. The first-order chi connectivity index (χ1) is 7.34. The molecular weight excluding hydrogens is 190 g/mol. The van der Waals surface area contributed by atoms with Crippen LogP contribution in [-0.2, 0) is 9.47 Å². The summed E-state index contributed by atoms with van der Waals surface area (Å²) in [6.07, 6.45) is 11.3. The predicted molar refractivity (Wildman–Crippen MR) is 56.5 cm³/mol. The fourth-order valence-corrected chi connectivity index (χ4v) is 1.88. The minimum Gasteiger partial charge on any atom is -0.465 e. The van der Waals surface area contributed by atoms with E-state index in [-0.39, 0.29) is 6.10 Å². The first kappa shape index (κ1) is 8.56. The molecule has 2 N–H and O–H groups in total. The summed E-state index contributed by atoms with van der Waals surface area (Å²) in [5.74, 6) is 0.848. The molecule has 3 aliphatic rings. The highest BCUT2D eigenvalue weighted by atomic mass is 16.5. The molecule has 0 aromatic rings. The molecule has 0 saturated carbocycles. The smallest absolute Gasteiger partial charge is 0.132 e. The Kier molecular flexibility index (Phi) is 1.79. The van der Waals surface area contributed by atoms with E-state index in [4.69, 9.17) is 15.2 Å². The van der Waals surface area contributed by atoms with Crippen molar-refractivity contribution in [3.8, 4) is 0 Å². The van der Waals surface area contributed by atoms with Gasteiger partial charge in [-0.15, -0.1) is 0 Å². The zero-order chi connectivity index (χ0) is 10.3. The second kappa shape index (κ2) is 3.14. The molecule has 1 aliphatic carbocycles. The van der Waals surface area contributed by atoms with Crippen LogP contribution in [0.2, 0.25) is 0 Å². The van der Waals surface area contributed by atoms with Gasteiger partial charge in [-0.05, 0) is 30.4 Å². The van der Waals surface area contributed by atoms with Crippen LogP contribution in [0.5, 0.6) is 0 Å². The maximum absolute atomic E-state index is 5.91. The number of ether oxygens (including phenoxy) is 2. The van der Waals surface area contributed by atoms with Crippen LogP contribution in [0.4, 0.5) is 0 Å². The van der Waals surface area contributed by atoms with Crippen LogP contribution in [0, 0.1) is 0 Å². The second-order valence-corrected chi connectivity index (χ2v) is 3.61. The number of fused-ring (bicyclic) bond motifs is 2. The van der Waals surface area contributed by atoms with Crippen molar-refractivity contribution in [2.24, 2.45) is 5.73 Å². The summed E-state index contributed by atoms with van der Waals surface area (Å²) in [6.45, 7) is 0.562. The summed E-state index contributed by atoms with van der Waals surface area (Å²) in [7, 11) is 0. The van der Waals surface area contributed by atoms with Crippen LogP contribution in [0.15, 0.2) is 59.2 Å². The van der Waals surface area contributed by atoms with E-state index in [9.17, 15) is 0 Å². The Bertz CT molecular complexity index is 452. The molecule has 3 nitrogen and oxygen atoms in total. The number of nitrogens with two attached hydrogens (primary N) is 1. The topological polar surface area (TPSA) is 44.5 Å². The molecule has 0 bridgehead atoms. The van der Waals surface area contributed by atoms with Gasteiger partial charge in [-0.25, -0.2) is 0 Å². The van der Waals surface area contributed by atoms with Crippen molar-refractivity contribution in [2.75, 3.05) is 6.61 Å². The number of hydrogen-bond acceptors (Lipinski definition) is 3. The van der Waals surface area contributed by atoms with E-state index in [0.717, 1.165) is 22.6 Å². The highest BCUT2D eigenvalue weighted by Crippen LogP contribution is 2.31. The molecular formula is C12H11NO2. The van der Waals surface area contributed by atoms with Gasteiger partial charge in [-0.1, -0.05) is 0 Å². The Balaban J connectivity index is 2.07. The molecule has 0 saturated heterocycles. The zero-order valence-electron chi connectivity index (χ0n) is 8.14. The average Bonchev–Trinajstić information content (AvgIpc) is 2.27. The summed E-state index contributed by atoms with van der Waals surface area (Å²) in [4.78, 5) is 0. The second-order valence-electron chi connectivity index (χ2n) is 3.61. The molecule has 3 rings (SSSR count). The summed E-state index contributed by atoms with van der Waals surface area (Å²) in [5, 5.41) is 0.